The zero-order chi connectivity index (χ0) is 8.48. The van der Waals surface area contributed by atoms with Crippen molar-refractivity contribution < 1.29 is 0 Å². The van der Waals surface area contributed by atoms with Gasteiger partial charge in [0, 0.05) is 0 Å². The van der Waals surface area contributed by atoms with Crippen LogP contribution in [-0.4, -0.2) is 13.6 Å². The van der Waals surface area contributed by atoms with Gasteiger partial charge in [-0.1, -0.05) is 20.8 Å². The zero-order valence-corrected chi connectivity index (χ0v) is 8.28. The molecule has 0 bridgehead atoms. The van der Waals surface area contributed by atoms with Gasteiger partial charge in [-0.3, -0.25) is 0 Å². The lowest BCUT2D eigenvalue weighted by Crippen LogP contribution is -2.19. The van der Waals surface area contributed by atoms with Crippen molar-refractivity contribution in [2.24, 2.45) is 17.3 Å². The number of hydrogen-bond acceptors (Lipinski definition) is 1. The van der Waals surface area contributed by atoms with Gasteiger partial charge in [-0.15, -0.1) is 0 Å². The molecular weight excluding hydrogens is 134 g/mol. The zero-order valence-electron chi connectivity index (χ0n) is 8.28. The maximum Gasteiger partial charge on any atom is -0.00464 e. The predicted octanol–water partition coefficient (Wildman–Crippen LogP) is 2.28. The molecule has 1 fully saturated rings. The maximum absolute atomic E-state index is 3.24. The molecule has 2 unspecified atom stereocenters. The van der Waals surface area contributed by atoms with Gasteiger partial charge in [0.05, 0.1) is 0 Å². The molecule has 0 spiro atoms. The molecule has 1 nitrogen and oxygen atoms in total. The van der Waals surface area contributed by atoms with Crippen LogP contribution in [0, 0.1) is 17.3 Å². The van der Waals surface area contributed by atoms with Gasteiger partial charge < -0.3 is 5.32 Å². The van der Waals surface area contributed by atoms with E-state index in [1.165, 1.54) is 19.4 Å². The van der Waals surface area contributed by atoms with E-state index in [0.717, 1.165) is 11.8 Å². The van der Waals surface area contributed by atoms with Crippen LogP contribution < -0.4 is 5.32 Å². The lowest BCUT2D eigenvalue weighted by molar-refractivity contribution is 0.304. The highest BCUT2D eigenvalue weighted by Gasteiger charge is 2.51. The first-order chi connectivity index (χ1) is 5.13. The molecule has 1 rings (SSSR count). The van der Waals surface area contributed by atoms with Gasteiger partial charge in [-0.05, 0) is 43.7 Å². The van der Waals surface area contributed by atoms with E-state index in [0.29, 0.717) is 5.41 Å². The lowest BCUT2D eigenvalue weighted by atomic mass is 9.87. The molecule has 0 radical (unpaired) electrons. The second-order valence-corrected chi connectivity index (χ2v) is 4.35. The monoisotopic (exact) mass is 155 g/mol. The van der Waals surface area contributed by atoms with E-state index in [4.69, 9.17) is 0 Å². The Morgan fingerprint density at radius 3 is 2.36 bits per heavy atom. The van der Waals surface area contributed by atoms with Crippen molar-refractivity contribution in [2.75, 3.05) is 13.6 Å². The second-order valence-electron chi connectivity index (χ2n) is 4.35. The number of hydrogen-bond donors (Lipinski definition) is 1. The fourth-order valence-corrected chi connectivity index (χ4v) is 2.31. The fraction of sp³-hybridized carbons (Fsp3) is 1.00. The summed E-state index contributed by atoms with van der Waals surface area (Å²) in [6, 6.07) is 0. The van der Waals surface area contributed by atoms with Crippen molar-refractivity contribution in [3.63, 3.8) is 0 Å². The average Bonchev–Trinajstić information content (AvgIpc) is 2.59. The summed E-state index contributed by atoms with van der Waals surface area (Å²) in [6.07, 6.45) is 2.81. The van der Waals surface area contributed by atoms with Gasteiger partial charge in [-0.2, -0.15) is 0 Å². The second kappa shape index (κ2) is 3.14. The van der Waals surface area contributed by atoms with Crippen LogP contribution in [0.4, 0.5) is 0 Å². The summed E-state index contributed by atoms with van der Waals surface area (Å²) in [6.45, 7) is 8.29. The molecule has 1 N–H and O–H groups in total. The summed E-state index contributed by atoms with van der Waals surface area (Å²) in [5.74, 6) is 1.83. The molecule has 0 amide bonds. The van der Waals surface area contributed by atoms with Crippen molar-refractivity contribution in [3.8, 4) is 0 Å². The summed E-state index contributed by atoms with van der Waals surface area (Å²) in [5.41, 5.74) is 0.697. The van der Waals surface area contributed by atoms with Gasteiger partial charge >= 0.3 is 0 Å². The van der Waals surface area contributed by atoms with Gasteiger partial charge in [0.2, 0.25) is 0 Å². The molecule has 0 aromatic rings. The van der Waals surface area contributed by atoms with Crippen LogP contribution in [0.3, 0.4) is 0 Å². The van der Waals surface area contributed by atoms with E-state index < -0.39 is 0 Å². The minimum Gasteiger partial charge on any atom is -0.320 e. The standard InChI is InChI=1S/C10H21N/c1-8(2)10(5-6-11-4)7-9(10)3/h8-9,11H,5-7H2,1-4H3. The molecule has 11 heavy (non-hydrogen) atoms. The largest absolute Gasteiger partial charge is 0.320 e. The fourth-order valence-electron chi connectivity index (χ4n) is 2.31. The molecule has 0 heterocycles. The number of nitrogens with one attached hydrogen (secondary N) is 1. The highest BCUT2D eigenvalue weighted by atomic mass is 14.8. The normalized spacial score (nSPS) is 36.3. The topological polar surface area (TPSA) is 12.0 Å². The van der Waals surface area contributed by atoms with Crippen LogP contribution in [0.15, 0.2) is 0 Å². The summed E-state index contributed by atoms with van der Waals surface area (Å²) >= 11 is 0. The molecule has 1 saturated carbocycles. The van der Waals surface area contributed by atoms with Crippen LogP contribution in [0.5, 0.6) is 0 Å². The highest BCUT2D eigenvalue weighted by molar-refractivity contribution is 5.01. The molecule has 1 aliphatic rings. The lowest BCUT2D eigenvalue weighted by Gasteiger charge is -2.20. The van der Waals surface area contributed by atoms with Crippen molar-refractivity contribution in [3.05, 3.63) is 0 Å². The van der Waals surface area contributed by atoms with Crippen LogP contribution in [0.1, 0.15) is 33.6 Å². The Bertz CT molecular complexity index is 131. The predicted molar refractivity (Wildman–Crippen MR) is 49.6 cm³/mol. The molecule has 2 atom stereocenters. The van der Waals surface area contributed by atoms with E-state index in [1.54, 1.807) is 0 Å². The van der Waals surface area contributed by atoms with Gasteiger partial charge in [-0.25, -0.2) is 0 Å². The summed E-state index contributed by atoms with van der Waals surface area (Å²) in [4.78, 5) is 0. The molecule has 1 aliphatic carbocycles. The van der Waals surface area contributed by atoms with Gasteiger partial charge in [0.15, 0.2) is 0 Å². The van der Waals surface area contributed by atoms with Crippen molar-refractivity contribution >= 4 is 0 Å². The SMILES string of the molecule is CNCCC1(C(C)C)CC1C. The van der Waals surface area contributed by atoms with Crippen LogP contribution in [-0.2, 0) is 0 Å². The Labute approximate surface area is 70.6 Å². The van der Waals surface area contributed by atoms with E-state index in [-0.39, 0.29) is 0 Å². The van der Waals surface area contributed by atoms with Crippen LogP contribution in [0.2, 0.25) is 0 Å². The van der Waals surface area contributed by atoms with E-state index >= 15 is 0 Å². The summed E-state index contributed by atoms with van der Waals surface area (Å²) in [5, 5.41) is 3.24. The first-order valence-electron chi connectivity index (χ1n) is 4.78. The Balaban J connectivity index is 2.37. The smallest absolute Gasteiger partial charge is 0.00464 e. The molecule has 0 aromatic heterocycles. The first kappa shape index (κ1) is 9.05. The summed E-state index contributed by atoms with van der Waals surface area (Å²) in [7, 11) is 2.04. The van der Waals surface area contributed by atoms with Crippen LogP contribution >= 0.6 is 0 Å². The molecule has 0 aliphatic heterocycles. The van der Waals surface area contributed by atoms with Gasteiger partial charge in [0.1, 0.15) is 0 Å². The Morgan fingerprint density at radius 1 is 1.55 bits per heavy atom. The minimum absolute atomic E-state index is 0.697. The van der Waals surface area contributed by atoms with Gasteiger partial charge in [0.25, 0.3) is 0 Å². The van der Waals surface area contributed by atoms with Crippen molar-refractivity contribution in [1.82, 2.24) is 5.32 Å². The molecule has 0 aromatic carbocycles. The van der Waals surface area contributed by atoms with E-state index in [1.807, 2.05) is 7.05 Å². The quantitative estimate of drug-likeness (QED) is 0.656. The van der Waals surface area contributed by atoms with E-state index in [2.05, 4.69) is 26.1 Å². The third-order valence-electron chi connectivity index (χ3n) is 3.50. The molecule has 1 heteroatoms. The third-order valence-corrected chi connectivity index (χ3v) is 3.50. The molecule has 66 valence electrons. The van der Waals surface area contributed by atoms with E-state index in [9.17, 15) is 0 Å². The molecular formula is C10H21N. The first-order valence-corrected chi connectivity index (χ1v) is 4.78. The summed E-state index contributed by atoms with van der Waals surface area (Å²) < 4.78 is 0. The number of rotatable bonds is 4. The molecule has 0 saturated heterocycles. The highest BCUT2D eigenvalue weighted by Crippen LogP contribution is 2.59. The van der Waals surface area contributed by atoms with Crippen molar-refractivity contribution in [2.45, 2.75) is 33.6 Å². The Hall–Kier alpha value is -0.0400. The van der Waals surface area contributed by atoms with Crippen molar-refractivity contribution in [1.29, 1.82) is 0 Å². The Morgan fingerprint density at radius 2 is 2.09 bits per heavy atom. The average molecular weight is 155 g/mol. The maximum atomic E-state index is 3.24. The Kier molecular flexibility index (Phi) is 2.58. The minimum atomic E-state index is 0.697. The third kappa shape index (κ3) is 1.58. The van der Waals surface area contributed by atoms with Crippen LogP contribution in [0.25, 0.3) is 0 Å².